The zero-order chi connectivity index (χ0) is 16.0. The highest BCUT2D eigenvalue weighted by atomic mass is 32.2. The average molecular weight is 351 g/mol. The van der Waals surface area contributed by atoms with Gasteiger partial charge in [0.05, 0.1) is 30.0 Å². The van der Waals surface area contributed by atoms with Crippen LogP contribution in [-0.4, -0.2) is 49.0 Å². The predicted octanol–water partition coefficient (Wildman–Crippen LogP) is 1.16. The summed E-state index contributed by atoms with van der Waals surface area (Å²) >= 11 is 1.31. The number of aromatic amines is 1. The molecule has 1 aliphatic heterocycles. The lowest BCUT2D eigenvalue weighted by atomic mass is 10.2. The van der Waals surface area contributed by atoms with E-state index in [1.54, 1.807) is 18.2 Å². The number of hydrogen-bond acceptors (Lipinski definition) is 6. The molecule has 0 aliphatic carbocycles. The van der Waals surface area contributed by atoms with Crippen molar-refractivity contribution in [3.05, 3.63) is 34.9 Å². The van der Waals surface area contributed by atoms with Gasteiger partial charge >= 0.3 is 0 Å². The number of hydrogen-bond donors (Lipinski definition) is 1. The van der Waals surface area contributed by atoms with Crippen LogP contribution in [0, 0.1) is 0 Å². The summed E-state index contributed by atoms with van der Waals surface area (Å²) in [7, 11) is -3.57. The molecule has 2 aromatic heterocycles. The summed E-state index contributed by atoms with van der Waals surface area (Å²) in [4.78, 5) is 18.8. The molecule has 1 aliphatic rings. The molecule has 0 saturated carbocycles. The number of benzene rings is 1. The third-order valence-corrected chi connectivity index (χ3v) is 6.89. The van der Waals surface area contributed by atoms with Gasteiger partial charge < -0.3 is 9.72 Å². The van der Waals surface area contributed by atoms with Gasteiger partial charge in [-0.1, -0.05) is 0 Å². The van der Waals surface area contributed by atoms with Crippen LogP contribution in [0.3, 0.4) is 0 Å². The van der Waals surface area contributed by atoms with Crippen molar-refractivity contribution in [3.8, 4) is 0 Å². The van der Waals surface area contributed by atoms with E-state index < -0.39 is 10.0 Å². The Kier molecular flexibility index (Phi) is 3.45. The minimum Gasteiger partial charge on any atom is -0.379 e. The van der Waals surface area contributed by atoms with E-state index in [0.717, 1.165) is 4.70 Å². The number of thiophene rings is 1. The maximum Gasteiger partial charge on any atom is 0.268 e. The molecule has 3 heterocycles. The van der Waals surface area contributed by atoms with Gasteiger partial charge in [-0.15, -0.1) is 11.3 Å². The van der Waals surface area contributed by atoms with Crippen LogP contribution in [0.2, 0.25) is 0 Å². The van der Waals surface area contributed by atoms with Crippen molar-refractivity contribution in [2.75, 3.05) is 26.3 Å². The number of nitrogens with zero attached hydrogens (tertiary/aromatic N) is 2. The van der Waals surface area contributed by atoms with Gasteiger partial charge in [-0.3, -0.25) is 4.79 Å². The van der Waals surface area contributed by atoms with Crippen molar-refractivity contribution >= 4 is 41.7 Å². The Morgan fingerprint density at radius 1 is 1.26 bits per heavy atom. The number of nitrogens with one attached hydrogen (secondary N) is 1. The largest absolute Gasteiger partial charge is 0.379 e. The minimum atomic E-state index is -3.57. The lowest BCUT2D eigenvalue weighted by molar-refractivity contribution is 0.0730. The molecule has 3 aromatic rings. The molecule has 1 N–H and O–H groups in total. The highest BCUT2D eigenvalue weighted by molar-refractivity contribution is 7.89. The van der Waals surface area contributed by atoms with Crippen LogP contribution in [0.1, 0.15) is 0 Å². The van der Waals surface area contributed by atoms with Gasteiger partial charge in [0.25, 0.3) is 5.56 Å². The highest BCUT2D eigenvalue weighted by Gasteiger charge is 2.27. The first-order valence-electron chi connectivity index (χ1n) is 7.05. The summed E-state index contributed by atoms with van der Waals surface area (Å²) in [5, 5.41) is 0.686. The number of morpholine rings is 1. The first kappa shape index (κ1) is 14.8. The van der Waals surface area contributed by atoms with Gasteiger partial charge in [0.1, 0.15) is 4.70 Å². The maximum absolute atomic E-state index is 12.7. The molecular weight excluding hydrogens is 338 g/mol. The molecule has 0 unspecified atom stereocenters. The Balaban J connectivity index is 1.90. The van der Waals surface area contributed by atoms with E-state index in [1.807, 2.05) is 0 Å². The number of ether oxygens (including phenoxy) is 1. The molecule has 0 atom stereocenters. The van der Waals surface area contributed by atoms with Crippen molar-refractivity contribution in [1.29, 1.82) is 0 Å². The predicted molar refractivity (Wildman–Crippen MR) is 87.3 cm³/mol. The van der Waals surface area contributed by atoms with Crippen LogP contribution >= 0.6 is 11.3 Å². The van der Waals surface area contributed by atoms with E-state index in [2.05, 4.69) is 9.97 Å². The molecule has 120 valence electrons. The lowest BCUT2D eigenvalue weighted by Gasteiger charge is -2.26. The van der Waals surface area contributed by atoms with Crippen LogP contribution < -0.4 is 5.56 Å². The Bertz CT molecular complexity index is 1050. The van der Waals surface area contributed by atoms with Gasteiger partial charge in [-0.2, -0.15) is 4.31 Å². The molecular formula is C14H13N3O4S2. The summed E-state index contributed by atoms with van der Waals surface area (Å²) in [5.74, 6) is 0. The molecule has 23 heavy (non-hydrogen) atoms. The van der Waals surface area contributed by atoms with Crippen molar-refractivity contribution in [2.45, 2.75) is 4.90 Å². The van der Waals surface area contributed by atoms with E-state index in [1.165, 1.54) is 22.0 Å². The van der Waals surface area contributed by atoms with Crippen molar-refractivity contribution in [1.82, 2.24) is 14.3 Å². The molecule has 0 bridgehead atoms. The fourth-order valence-corrected chi connectivity index (χ4v) is 5.13. The summed E-state index contributed by atoms with van der Waals surface area (Å²) in [6.07, 6.45) is 1.33. The topological polar surface area (TPSA) is 92.4 Å². The molecule has 1 fully saturated rings. The number of fused-ring (bicyclic) bond motifs is 3. The summed E-state index contributed by atoms with van der Waals surface area (Å²) in [6.45, 7) is 1.50. The first-order chi connectivity index (χ1) is 11.1. The van der Waals surface area contributed by atoms with E-state index >= 15 is 0 Å². The number of rotatable bonds is 2. The van der Waals surface area contributed by atoms with Crippen molar-refractivity contribution in [2.24, 2.45) is 0 Å². The Hall–Kier alpha value is -1.81. The van der Waals surface area contributed by atoms with Crippen molar-refractivity contribution in [3.63, 3.8) is 0 Å². The van der Waals surface area contributed by atoms with Crippen LogP contribution in [-0.2, 0) is 14.8 Å². The molecule has 0 amide bonds. The van der Waals surface area contributed by atoms with E-state index in [4.69, 9.17) is 4.74 Å². The van der Waals surface area contributed by atoms with Gasteiger partial charge in [0, 0.05) is 23.2 Å². The SMILES string of the molecule is O=c1[nH]cnc2c1sc1ccc(S(=O)(=O)N3CCOCC3)cc12. The highest BCUT2D eigenvalue weighted by Crippen LogP contribution is 2.32. The molecule has 4 rings (SSSR count). The van der Waals surface area contributed by atoms with E-state index in [-0.39, 0.29) is 10.5 Å². The summed E-state index contributed by atoms with van der Waals surface area (Å²) in [6, 6.07) is 4.91. The van der Waals surface area contributed by atoms with Crippen LogP contribution in [0.15, 0.2) is 34.2 Å². The van der Waals surface area contributed by atoms with Gasteiger partial charge in [-0.25, -0.2) is 13.4 Å². The third kappa shape index (κ3) is 2.36. The fourth-order valence-electron chi connectivity index (χ4n) is 2.66. The standard InChI is InChI=1S/C14H13N3O4S2/c18-14-13-12(15-8-16-14)10-7-9(1-2-11(10)22-13)23(19,20)17-3-5-21-6-4-17/h1-2,7-8H,3-6H2,(H,15,16,18). The molecule has 0 radical (unpaired) electrons. The van der Waals surface area contributed by atoms with E-state index in [9.17, 15) is 13.2 Å². The normalized spacial score (nSPS) is 17.0. The Labute approximate surface area is 135 Å². The molecule has 7 nitrogen and oxygen atoms in total. The number of sulfonamides is 1. The quantitative estimate of drug-likeness (QED) is 0.748. The minimum absolute atomic E-state index is 0.214. The second-order valence-corrected chi connectivity index (χ2v) is 8.18. The Morgan fingerprint density at radius 3 is 2.83 bits per heavy atom. The van der Waals surface area contributed by atoms with E-state index in [0.29, 0.717) is 41.9 Å². The van der Waals surface area contributed by atoms with Crippen LogP contribution in [0.4, 0.5) is 0 Å². The average Bonchev–Trinajstić information content (AvgIpc) is 2.95. The molecule has 0 spiro atoms. The first-order valence-corrected chi connectivity index (χ1v) is 9.31. The third-order valence-electron chi connectivity index (χ3n) is 3.84. The molecule has 1 aromatic carbocycles. The fraction of sp³-hybridized carbons (Fsp3) is 0.286. The van der Waals surface area contributed by atoms with Crippen molar-refractivity contribution < 1.29 is 13.2 Å². The zero-order valence-electron chi connectivity index (χ0n) is 12.0. The second-order valence-electron chi connectivity index (χ2n) is 5.19. The monoisotopic (exact) mass is 351 g/mol. The second kappa shape index (κ2) is 5.38. The molecule has 9 heteroatoms. The van der Waals surface area contributed by atoms with Gasteiger partial charge in [-0.05, 0) is 18.2 Å². The van der Waals surface area contributed by atoms with Gasteiger partial charge in [0.2, 0.25) is 10.0 Å². The van der Waals surface area contributed by atoms with Gasteiger partial charge in [0.15, 0.2) is 0 Å². The van der Waals surface area contributed by atoms with Crippen LogP contribution in [0.25, 0.3) is 20.3 Å². The number of H-pyrrole nitrogens is 1. The lowest BCUT2D eigenvalue weighted by Crippen LogP contribution is -2.40. The molecule has 1 saturated heterocycles. The summed E-state index contributed by atoms with van der Waals surface area (Å²) in [5.41, 5.74) is 0.321. The smallest absolute Gasteiger partial charge is 0.268 e. The maximum atomic E-state index is 12.7. The van der Waals surface area contributed by atoms with Crippen LogP contribution in [0.5, 0.6) is 0 Å². The Morgan fingerprint density at radius 2 is 2.04 bits per heavy atom. The summed E-state index contributed by atoms with van der Waals surface area (Å²) < 4.78 is 33.5. The zero-order valence-corrected chi connectivity index (χ0v) is 13.6. The number of aromatic nitrogens is 2.